The summed E-state index contributed by atoms with van der Waals surface area (Å²) in [6, 6.07) is 16.8. The molecular weight excluding hydrogens is 676 g/mol. The monoisotopic (exact) mass is 722 g/mol. The molecule has 0 saturated carbocycles. The summed E-state index contributed by atoms with van der Waals surface area (Å²) in [6.07, 6.45) is 3.51. The molecule has 2 saturated heterocycles. The molecular formula is C39H46N8O6. The summed E-state index contributed by atoms with van der Waals surface area (Å²) in [6.45, 7) is 12.0. The summed E-state index contributed by atoms with van der Waals surface area (Å²) in [5, 5.41) is 12.3. The maximum absolute atomic E-state index is 12.9. The molecule has 3 aromatic carbocycles. The van der Waals surface area contributed by atoms with Gasteiger partial charge in [0, 0.05) is 53.4 Å². The quantitative estimate of drug-likeness (QED) is 0.167. The molecule has 278 valence electrons. The largest absolute Gasteiger partial charge is 0.493 e. The average molecular weight is 723 g/mol. The van der Waals surface area contributed by atoms with Crippen LogP contribution in [0, 0.1) is 0 Å². The average Bonchev–Trinajstić information content (AvgIpc) is 3.81. The first-order valence-corrected chi connectivity index (χ1v) is 18.1. The molecule has 0 aliphatic carbocycles. The summed E-state index contributed by atoms with van der Waals surface area (Å²) in [4.78, 5) is 40.2. The first kappa shape index (κ1) is 36.1. The van der Waals surface area contributed by atoms with E-state index in [9.17, 15) is 9.59 Å². The number of benzene rings is 3. The minimum absolute atomic E-state index is 0.0989. The normalized spacial score (nSPS) is 15.5. The van der Waals surface area contributed by atoms with Gasteiger partial charge in [-0.05, 0) is 83.1 Å². The number of nitrogens with one attached hydrogen (secondary N) is 2. The minimum Gasteiger partial charge on any atom is -0.493 e. The van der Waals surface area contributed by atoms with Gasteiger partial charge < -0.3 is 29.6 Å². The lowest BCUT2D eigenvalue weighted by Crippen LogP contribution is -2.41. The van der Waals surface area contributed by atoms with E-state index in [0.29, 0.717) is 59.7 Å². The van der Waals surface area contributed by atoms with Crippen LogP contribution >= 0.6 is 0 Å². The van der Waals surface area contributed by atoms with E-state index in [1.54, 1.807) is 13.3 Å². The van der Waals surface area contributed by atoms with E-state index in [4.69, 9.17) is 28.9 Å². The zero-order valence-corrected chi connectivity index (χ0v) is 30.7. The van der Waals surface area contributed by atoms with Crippen molar-refractivity contribution in [2.75, 3.05) is 76.8 Å². The van der Waals surface area contributed by atoms with Crippen molar-refractivity contribution in [3.8, 4) is 22.9 Å². The van der Waals surface area contributed by atoms with Crippen molar-refractivity contribution < 1.29 is 28.5 Å². The second-order valence-corrected chi connectivity index (χ2v) is 14.3. The number of anilines is 3. The molecule has 0 bridgehead atoms. The summed E-state index contributed by atoms with van der Waals surface area (Å²) < 4.78 is 24.3. The van der Waals surface area contributed by atoms with Gasteiger partial charge in [0.15, 0.2) is 17.3 Å². The topological polar surface area (TPSA) is 145 Å². The van der Waals surface area contributed by atoms with Gasteiger partial charge in [-0.3, -0.25) is 14.6 Å². The van der Waals surface area contributed by atoms with Gasteiger partial charge in [-0.15, -0.1) is 0 Å². The molecule has 2 aliphatic heterocycles. The SMILES string of the molecule is COc1cc2nc(-c3cccc(NC(=O)CN4CCOCC4)c3)nc(Nc3ccc4c(cnn4C(=O)OC(C)(C)C)c3)c2cc1OCCN1CCCC1. The molecule has 5 aromatic rings. The van der Waals surface area contributed by atoms with Crippen molar-refractivity contribution in [3.05, 3.63) is 60.8 Å². The number of nitrogens with zero attached hydrogens (tertiary/aromatic N) is 6. The second-order valence-electron chi connectivity index (χ2n) is 14.3. The van der Waals surface area contributed by atoms with Crippen molar-refractivity contribution in [2.45, 2.75) is 39.2 Å². The first-order valence-electron chi connectivity index (χ1n) is 18.1. The third-order valence-electron chi connectivity index (χ3n) is 9.12. The molecule has 0 atom stereocenters. The Kier molecular flexibility index (Phi) is 10.7. The molecule has 53 heavy (non-hydrogen) atoms. The van der Waals surface area contributed by atoms with Crippen LogP contribution in [0.25, 0.3) is 33.2 Å². The molecule has 0 spiro atoms. The van der Waals surface area contributed by atoms with E-state index in [0.717, 1.165) is 54.7 Å². The number of rotatable bonds is 11. The number of carbonyl (C=O) groups is 2. The number of hydrogen-bond donors (Lipinski definition) is 2. The third-order valence-corrected chi connectivity index (χ3v) is 9.12. The van der Waals surface area contributed by atoms with Crippen LogP contribution in [0.3, 0.4) is 0 Å². The van der Waals surface area contributed by atoms with Crippen molar-refractivity contribution in [1.29, 1.82) is 0 Å². The van der Waals surface area contributed by atoms with Crippen LogP contribution in [-0.4, -0.2) is 113 Å². The number of amides is 1. The smallest absolute Gasteiger partial charge is 0.435 e. The summed E-state index contributed by atoms with van der Waals surface area (Å²) in [7, 11) is 1.62. The summed E-state index contributed by atoms with van der Waals surface area (Å²) in [5.41, 5.74) is 2.69. The number of fused-ring (bicyclic) bond motifs is 2. The van der Waals surface area contributed by atoms with Crippen LogP contribution in [0.5, 0.6) is 11.5 Å². The zero-order valence-electron chi connectivity index (χ0n) is 30.7. The maximum atomic E-state index is 12.9. The predicted molar refractivity (Wildman–Crippen MR) is 203 cm³/mol. The lowest BCUT2D eigenvalue weighted by Gasteiger charge is -2.25. The van der Waals surface area contributed by atoms with E-state index in [-0.39, 0.29) is 12.5 Å². The zero-order chi connectivity index (χ0) is 37.0. The number of hydrogen-bond acceptors (Lipinski definition) is 12. The standard InChI is InChI=1S/C39H46N8O6/c1-39(2,3)53-38(49)47-32-11-10-29(21-27(32)24-40-47)42-37-30-22-34(52-19-16-45-12-5-6-13-45)33(50-4)23-31(30)43-36(44-37)26-8-7-9-28(20-26)41-35(48)25-46-14-17-51-18-15-46/h7-11,20-24H,5-6,12-19,25H2,1-4H3,(H,41,48)(H,42,43,44). The number of ether oxygens (including phenoxy) is 4. The molecule has 4 heterocycles. The Bertz CT molecular complexity index is 2100. The van der Waals surface area contributed by atoms with E-state index in [2.05, 4.69) is 25.5 Å². The van der Waals surface area contributed by atoms with Crippen LogP contribution in [0.2, 0.25) is 0 Å². The first-order chi connectivity index (χ1) is 25.6. The van der Waals surface area contributed by atoms with E-state index >= 15 is 0 Å². The van der Waals surface area contributed by atoms with Crippen LogP contribution in [0.1, 0.15) is 33.6 Å². The van der Waals surface area contributed by atoms with Gasteiger partial charge in [-0.2, -0.15) is 9.78 Å². The number of methoxy groups -OCH3 is 1. The molecule has 7 rings (SSSR count). The van der Waals surface area contributed by atoms with Crippen molar-refractivity contribution in [3.63, 3.8) is 0 Å². The van der Waals surface area contributed by atoms with Crippen molar-refractivity contribution >= 4 is 51.0 Å². The Morgan fingerprint density at radius 2 is 1.72 bits per heavy atom. The Morgan fingerprint density at radius 1 is 0.906 bits per heavy atom. The fourth-order valence-electron chi connectivity index (χ4n) is 6.52. The minimum atomic E-state index is -0.657. The lowest BCUT2D eigenvalue weighted by atomic mass is 10.1. The maximum Gasteiger partial charge on any atom is 0.435 e. The predicted octanol–water partition coefficient (Wildman–Crippen LogP) is 5.93. The molecule has 14 heteroatoms. The number of likely N-dealkylation sites (tertiary alicyclic amines) is 1. The highest BCUT2D eigenvalue weighted by Gasteiger charge is 2.21. The fourth-order valence-corrected chi connectivity index (χ4v) is 6.52. The molecule has 2 aromatic heterocycles. The van der Waals surface area contributed by atoms with E-state index in [1.807, 2.05) is 75.4 Å². The molecule has 1 amide bonds. The van der Waals surface area contributed by atoms with E-state index < -0.39 is 11.7 Å². The molecule has 0 unspecified atom stereocenters. The number of aromatic nitrogens is 4. The van der Waals surface area contributed by atoms with Gasteiger partial charge in [0.1, 0.15) is 18.0 Å². The van der Waals surface area contributed by atoms with Crippen LogP contribution in [0.15, 0.2) is 60.8 Å². The Balaban J connectivity index is 1.21. The molecule has 2 fully saturated rings. The molecule has 2 aliphatic rings. The Hall–Kier alpha value is -5.31. The highest BCUT2D eigenvalue weighted by Crippen LogP contribution is 2.37. The Morgan fingerprint density at radius 3 is 2.49 bits per heavy atom. The molecule has 14 nitrogen and oxygen atoms in total. The van der Waals surface area contributed by atoms with Gasteiger partial charge in [0.25, 0.3) is 0 Å². The van der Waals surface area contributed by atoms with E-state index in [1.165, 1.54) is 17.5 Å². The van der Waals surface area contributed by atoms with Gasteiger partial charge in [-0.25, -0.2) is 14.8 Å². The van der Waals surface area contributed by atoms with Gasteiger partial charge >= 0.3 is 6.09 Å². The lowest BCUT2D eigenvalue weighted by molar-refractivity contribution is -0.118. The summed E-state index contributed by atoms with van der Waals surface area (Å²) in [5.74, 6) is 2.05. The highest BCUT2D eigenvalue weighted by atomic mass is 16.6. The van der Waals surface area contributed by atoms with Crippen LogP contribution in [-0.2, 0) is 14.3 Å². The van der Waals surface area contributed by atoms with Crippen LogP contribution in [0.4, 0.5) is 22.0 Å². The third kappa shape index (κ3) is 8.84. The summed E-state index contributed by atoms with van der Waals surface area (Å²) >= 11 is 0. The Labute approximate surface area is 308 Å². The highest BCUT2D eigenvalue weighted by molar-refractivity contribution is 5.97. The molecule has 2 N–H and O–H groups in total. The van der Waals surface area contributed by atoms with Crippen molar-refractivity contribution in [2.24, 2.45) is 0 Å². The van der Waals surface area contributed by atoms with Gasteiger partial charge in [0.2, 0.25) is 5.91 Å². The van der Waals surface area contributed by atoms with Gasteiger partial charge in [-0.1, -0.05) is 12.1 Å². The number of morpholine rings is 1. The van der Waals surface area contributed by atoms with Crippen molar-refractivity contribution in [1.82, 2.24) is 29.5 Å². The molecule has 0 radical (unpaired) electrons. The van der Waals surface area contributed by atoms with Crippen LogP contribution < -0.4 is 20.1 Å². The number of carbonyl (C=O) groups excluding carboxylic acids is 2. The second kappa shape index (κ2) is 15.7. The van der Waals surface area contributed by atoms with Gasteiger partial charge in [0.05, 0.1) is 44.1 Å². The fraction of sp³-hybridized carbons (Fsp3) is 0.410.